The highest BCUT2D eigenvalue weighted by Gasteiger charge is 2.44. The van der Waals surface area contributed by atoms with Gasteiger partial charge < -0.3 is 0 Å². The van der Waals surface area contributed by atoms with Gasteiger partial charge in [-0.2, -0.15) is 0 Å². The standard InChI is InChI=1S/C14H18O/c1-4-11-5-7-14(3)8-6-13(15)10(2)12(14)9-11/h1,6,8,10-12H,5,7,9H2,2-3H3/t10-,11-,12-,14+/m1/s1. The molecule has 0 radical (unpaired) electrons. The second-order valence-electron chi connectivity index (χ2n) is 5.27. The van der Waals surface area contributed by atoms with Crippen LogP contribution in [0.4, 0.5) is 0 Å². The molecule has 1 fully saturated rings. The number of carbonyl (C=O) groups is 1. The highest BCUT2D eigenvalue weighted by Crippen LogP contribution is 2.49. The zero-order valence-corrected chi connectivity index (χ0v) is 9.49. The van der Waals surface area contributed by atoms with Crippen LogP contribution in [0.15, 0.2) is 12.2 Å². The minimum Gasteiger partial charge on any atom is -0.295 e. The lowest BCUT2D eigenvalue weighted by atomic mass is 9.57. The molecule has 0 saturated heterocycles. The third-order valence-electron chi connectivity index (χ3n) is 4.33. The molecule has 0 N–H and O–H groups in total. The lowest BCUT2D eigenvalue weighted by Gasteiger charge is -2.46. The number of rotatable bonds is 0. The highest BCUT2D eigenvalue weighted by atomic mass is 16.1. The van der Waals surface area contributed by atoms with Gasteiger partial charge in [0.15, 0.2) is 5.78 Å². The average molecular weight is 202 g/mol. The van der Waals surface area contributed by atoms with E-state index in [1.54, 1.807) is 6.08 Å². The monoisotopic (exact) mass is 202 g/mol. The van der Waals surface area contributed by atoms with Gasteiger partial charge in [-0.15, -0.1) is 12.3 Å². The average Bonchev–Trinajstić information content (AvgIpc) is 2.24. The van der Waals surface area contributed by atoms with Gasteiger partial charge in [0.2, 0.25) is 0 Å². The lowest BCUT2D eigenvalue weighted by molar-refractivity contribution is -0.122. The summed E-state index contributed by atoms with van der Waals surface area (Å²) in [5, 5.41) is 0. The number of terminal acetylenes is 1. The van der Waals surface area contributed by atoms with Crippen LogP contribution in [-0.4, -0.2) is 5.78 Å². The molecule has 2 rings (SSSR count). The van der Waals surface area contributed by atoms with Gasteiger partial charge in [-0.3, -0.25) is 4.79 Å². The molecule has 0 bridgehead atoms. The molecule has 0 amide bonds. The van der Waals surface area contributed by atoms with Crippen LogP contribution < -0.4 is 0 Å². The minimum absolute atomic E-state index is 0.149. The van der Waals surface area contributed by atoms with E-state index >= 15 is 0 Å². The van der Waals surface area contributed by atoms with Crippen LogP contribution in [0.5, 0.6) is 0 Å². The highest BCUT2D eigenvalue weighted by molar-refractivity contribution is 5.92. The summed E-state index contributed by atoms with van der Waals surface area (Å²) < 4.78 is 0. The third kappa shape index (κ3) is 1.63. The van der Waals surface area contributed by atoms with Crippen molar-refractivity contribution < 1.29 is 4.79 Å². The molecule has 0 heterocycles. The fourth-order valence-corrected chi connectivity index (χ4v) is 3.12. The maximum Gasteiger partial charge on any atom is 0.158 e. The Bertz CT molecular complexity index is 347. The second-order valence-corrected chi connectivity index (χ2v) is 5.27. The van der Waals surface area contributed by atoms with Crippen molar-refractivity contribution in [2.45, 2.75) is 33.1 Å². The van der Waals surface area contributed by atoms with Gasteiger partial charge in [-0.05, 0) is 36.7 Å². The van der Waals surface area contributed by atoms with Crippen molar-refractivity contribution in [3.05, 3.63) is 12.2 Å². The number of hydrogen-bond acceptors (Lipinski definition) is 1. The van der Waals surface area contributed by atoms with E-state index in [1.807, 2.05) is 6.92 Å². The van der Waals surface area contributed by atoms with Crippen LogP contribution in [0.1, 0.15) is 33.1 Å². The van der Waals surface area contributed by atoms with Gasteiger partial charge in [-0.25, -0.2) is 0 Å². The van der Waals surface area contributed by atoms with Crippen LogP contribution in [-0.2, 0) is 4.79 Å². The van der Waals surface area contributed by atoms with Gasteiger partial charge in [0.25, 0.3) is 0 Å². The zero-order valence-electron chi connectivity index (χ0n) is 9.49. The van der Waals surface area contributed by atoms with Crippen LogP contribution in [0, 0.1) is 35.5 Å². The maximum atomic E-state index is 11.6. The predicted molar refractivity (Wildman–Crippen MR) is 61.1 cm³/mol. The predicted octanol–water partition coefficient (Wildman–Crippen LogP) is 2.82. The molecule has 0 aromatic heterocycles. The summed E-state index contributed by atoms with van der Waals surface area (Å²) >= 11 is 0. The quantitative estimate of drug-likeness (QED) is 0.552. The van der Waals surface area contributed by atoms with Crippen molar-refractivity contribution in [1.82, 2.24) is 0 Å². The Hall–Kier alpha value is -1.03. The summed E-state index contributed by atoms with van der Waals surface area (Å²) in [7, 11) is 0. The summed E-state index contributed by atoms with van der Waals surface area (Å²) in [6, 6.07) is 0. The van der Waals surface area contributed by atoms with Gasteiger partial charge in [0, 0.05) is 11.8 Å². The minimum atomic E-state index is 0.149. The summed E-state index contributed by atoms with van der Waals surface area (Å²) in [6.07, 6.45) is 12.6. The summed E-state index contributed by atoms with van der Waals surface area (Å²) in [5.41, 5.74) is 0.209. The molecule has 80 valence electrons. The fraction of sp³-hybridized carbons (Fsp3) is 0.643. The molecule has 0 unspecified atom stereocenters. The first kappa shape index (κ1) is 10.5. The first-order chi connectivity index (χ1) is 7.07. The molecular formula is C14H18O. The molecule has 0 aromatic carbocycles. The number of fused-ring (bicyclic) bond motifs is 1. The molecule has 0 aromatic rings. The smallest absolute Gasteiger partial charge is 0.158 e. The van der Waals surface area contributed by atoms with Crippen LogP contribution in [0.2, 0.25) is 0 Å². The molecule has 1 heteroatoms. The number of carbonyl (C=O) groups excluding carboxylic acids is 1. The van der Waals surface area contributed by atoms with Crippen molar-refractivity contribution in [1.29, 1.82) is 0 Å². The first-order valence-electron chi connectivity index (χ1n) is 5.76. The zero-order chi connectivity index (χ0) is 11.1. The summed E-state index contributed by atoms with van der Waals surface area (Å²) in [6.45, 7) is 4.32. The Labute approximate surface area is 91.9 Å². The normalized spacial score (nSPS) is 44.6. The SMILES string of the molecule is C#C[C@@H]1CC[C@@]2(C)C=CC(=O)[C@H](C)[C@H]2C1. The number of ketones is 1. The summed E-state index contributed by atoms with van der Waals surface area (Å²) in [5.74, 6) is 4.11. The number of allylic oxidation sites excluding steroid dienone is 2. The molecule has 2 aliphatic carbocycles. The Kier molecular flexibility index (Phi) is 2.46. The van der Waals surface area contributed by atoms with Crippen molar-refractivity contribution in [3.63, 3.8) is 0 Å². The Balaban J connectivity index is 2.28. The topological polar surface area (TPSA) is 17.1 Å². The molecule has 15 heavy (non-hydrogen) atoms. The Morgan fingerprint density at radius 1 is 1.60 bits per heavy atom. The van der Waals surface area contributed by atoms with Gasteiger partial charge >= 0.3 is 0 Å². The largest absolute Gasteiger partial charge is 0.295 e. The molecule has 0 spiro atoms. The lowest BCUT2D eigenvalue weighted by Crippen LogP contribution is -2.41. The molecular weight excluding hydrogens is 184 g/mol. The van der Waals surface area contributed by atoms with Crippen LogP contribution >= 0.6 is 0 Å². The first-order valence-corrected chi connectivity index (χ1v) is 5.76. The molecule has 4 atom stereocenters. The fourth-order valence-electron chi connectivity index (χ4n) is 3.12. The van der Waals surface area contributed by atoms with E-state index in [4.69, 9.17) is 6.42 Å². The molecule has 1 nitrogen and oxygen atoms in total. The number of hydrogen-bond donors (Lipinski definition) is 0. The van der Waals surface area contributed by atoms with E-state index in [2.05, 4.69) is 18.9 Å². The van der Waals surface area contributed by atoms with E-state index in [9.17, 15) is 4.79 Å². The summed E-state index contributed by atoms with van der Waals surface area (Å²) in [4.78, 5) is 11.6. The van der Waals surface area contributed by atoms with E-state index in [-0.39, 0.29) is 17.1 Å². The van der Waals surface area contributed by atoms with Gasteiger partial charge in [-0.1, -0.05) is 19.9 Å². The molecule has 2 aliphatic rings. The second kappa shape index (κ2) is 3.52. The van der Waals surface area contributed by atoms with E-state index in [1.165, 1.54) is 0 Å². The van der Waals surface area contributed by atoms with Gasteiger partial charge in [0.1, 0.15) is 0 Å². The molecule has 0 aliphatic heterocycles. The Morgan fingerprint density at radius 3 is 3.00 bits per heavy atom. The van der Waals surface area contributed by atoms with Crippen molar-refractivity contribution in [2.24, 2.45) is 23.2 Å². The van der Waals surface area contributed by atoms with E-state index in [0.717, 1.165) is 19.3 Å². The Morgan fingerprint density at radius 2 is 2.33 bits per heavy atom. The maximum absolute atomic E-state index is 11.6. The van der Waals surface area contributed by atoms with Crippen LogP contribution in [0.25, 0.3) is 0 Å². The van der Waals surface area contributed by atoms with Crippen molar-refractivity contribution in [3.8, 4) is 12.3 Å². The van der Waals surface area contributed by atoms with Crippen molar-refractivity contribution in [2.75, 3.05) is 0 Å². The van der Waals surface area contributed by atoms with E-state index < -0.39 is 0 Å². The van der Waals surface area contributed by atoms with Crippen molar-refractivity contribution >= 4 is 5.78 Å². The van der Waals surface area contributed by atoms with Gasteiger partial charge in [0.05, 0.1) is 0 Å². The molecule has 1 saturated carbocycles. The van der Waals surface area contributed by atoms with E-state index in [0.29, 0.717) is 11.8 Å². The third-order valence-corrected chi connectivity index (χ3v) is 4.33. The van der Waals surface area contributed by atoms with Crippen LogP contribution in [0.3, 0.4) is 0 Å².